The van der Waals surface area contributed by atoms with Crippen LogP contribution in [0.5, 0.6) is 5.75 Å². The molecule has 0 bridgehead atoms. The number of nitrogens with one attached hydrogen (secondary N) is 2. The SMILES string of the molecule is COCCNc1ccc(C(=O)NCCc2ccccc2OC)nc1. The van der Waals surface area contributed by atoms with Gasteiger partial charge in [0.05, 0.1) is 25.6 Å². The van der Waals surface area contributed by atoms with Gasteiger partial charge in [-0.25, -0.2) is 4.98 Å². The Bertz CT molecular complexity index is 644. The van der Waals surface area contributed by atoms with Crippen LogP contribution in [-0.4, -0.2) is 44.8 Å². The van der Waals surface area contributed by atoms with E-state index in [1.807, 2.05) is 30.3 Å². The molecule has 0 aliphatic heterocycles. The van der Waals surface area contributed by atoms with Gasteiger partial charge in [0, 0.05) is 20.2 Å². The second-order valence-corrected chi connectivity index (χ2v) is 5.17. The molecular weight excluding hydrogens is 306 g/mol. The topological polar surface area (TPSA) is 72.5 Å². The minimum atomic E-state index is -0.187. The van der Waals surface area contributed by atoms with Crippen LogP contribution in [0.1, 0.15) is 16.1 Å². The van der Waals surface area contributed by atoms with Crippen molar-refractivity contribution in [3.8, 4) is 5.75 Å². The third kappa shape index (κ3) is 5.24. The molecule has 0 unspecified atom stereocenters. The van der Waals surface area contributed by atoms with Crippen LogP contribution in [-0.2, 0) is 11.2 Å². The zero-order chi connectivity index (χ0) is 17.2. The van der Waals surface area contributed by atoms with E-state index >= 15 is 0 Å². The first-order valence-corrected chi connectivity index (χ1v) is 7.83. The number of methoxy groups -OCH3 is 2. The number of hydrogen-bond donors (Lipinski definition) is 2. The molecule has 2 aromatic rings. The number of carbonyl (C=O) groups is 1. The number of benzene rings is 1. The van der Waals surface area contributed by atoms with Gasteiger partial charge in [-0.3, -0.25) is 4.79 Å². The summed E-state index contributed by atoms with van der Waals surface area (Å²) >= 11 is 0. The second kappa shape index (κ2) is 9.52. The van der Waals surface area contributed by atoms with Crippen LogP contribution >= 0.6 is 0 Å². The fraction of sp³-hybridized carbons (Fsp3) is 0.333. The average Bonchev–Trinajstić information content (AvgIpc) is 2.63. The molecule has 6 nitrogen and oxygen atoms in total. The molecule has 1 aromatic heterocycles. The molecule has 0 saturated heterocycles. The summed E-state index contributed by atoms with van der Waals surface area (Å²) in [6, 6.07) is 11.3. The Morgan fingerprint density at radius 3 is 2.67 bits per heavy atom. The molecule has 0 saturated carbocycles. The molecule has 0 fully saturated rings. The van der Waals surface area contributed by atoms with E-state index in [1.54, 1.807) is 26.5 Å². The average molecular weight is 329 g/mol. The van der Waals surface area contributed by atoms with Gasteiger partial charge in [0.25, 0.3) is 5.91 Å². The van der Waals surface area contributed by atoms with Crippen molar-refractivity contribution < 1.29 is 14.3 Å². The minimum absolute atomic E-state index is 0.187. The summed E-state index contributed by atoms with van der Waals surface area (Å²) in [5.41, 5.74) is 2.32. The maximum absolute atomic E-state index is 12.1. The molecule has 0 radical (unpaired) electrons. The summed E-state index contributed by atoms with van der Waals surface area (Å²) in [6.45, 7) is 1.84. The van der Waals surface area contributed by atoms with Crippen LogP contribution in [0.25, 0.3) is 0 Å². The number of aromatic nitrogens is 1. The van der Waals surface area contributed by atoms with Gasteiger partial charge < -0.3 is 20.1 Å². The lowest BCUT2D eigenvalue weighted by Crippen LogP contribution is -2.26. The fourth-order valence-corrected chi connectivity index (χ4v) is 2.24. The van der Waals surface area contributed by atoms with Gasteiger partial charge in [0.15, 0.2) is 0 Å². The highest BCUT2D eigenvalue weighted by Gasteiger charge is 2.07. The molecule has 24 heavy (non-hydrogen) atoms. The zero-order valence-corrected chi connectivity index (χ0v) is 14.0. The molecular formula is C18H23N3O3. The maximum Gasteiger partial charge on any atom is 0.269 e. The van der Waals surface area contributed by atoms with Crippen LogP contribution in [0.2, 0.25) is 0 Å². The van der Waals surface area contributed by atoms with E-state index < -0.39 is 0 Å². The number of pyridine rings is 1. The van der Waals surface area contributed by atoms with E-state index in [9.17, 15) is 4.79 Å². The van der Waals surface area contributed by atoms with Gasteiger partial charge in [0.2, 0.25) is 0 Å². The summed E-state index contributed by atoms with van der Waals surface area (Å²) in [7, 11) is 3.29. The highest BCUT2D eigenvalue weighted by atomic mass is 16.5. The van der Waals surface area contributed by atoms with Crippen molar-refractivity contribution in [3.63, 3.8) is 0 Å². The van der Waals surface area contributed by atoms with E-state index in [0.29, 0.717) is 31.8 Å². The number of ether oxygens (including phenoxy) is 2. The van der Waals surface area contributed by atoms with E-state index in [4.69, 9.17) is 9.47 Å². The molecule has 2 rings (SSSR count). The van der Waals surface area contributed by atoms with Crippen LogP contribution in [0.3, 0.4) is 0 Å². The Labute approximate surface area is 142 Å². The van der Waals surface area contributed by atoms with Crippen LogP contribution < -0.4 is 15.4 Å². The van der Waals surface area contributed by atoms with Crippen LogP contribution in [0.15, 0.2) is 42.6 Å². The number of rotatable bonds is 9. The quantitative estimate of drug-likeness (QED) is 0.690. The van der Waals surface area contributed by atoms with Gasteiger partial charge in [-0.05, 0) is 30.2 Å². The van der Waals surface area contributed by atoms with Crippen molar-refractivity contribution >= 4 is 11.6 Å². The highest BCUT2D eigenvalue weighted by molar-refractivity contribution is 5.92. The number of anilines is 1. The molecule has 6 heteroatoms. The number of hydrogen-bond acceptors (Lipinski definition) is 5. The Balaban J connectivity index is 1.82. The van der Waals surface area contributed by atoms with Crippen molar-refractivity contribution in [2.24, 2.45) is 0 Å². The molecule has 2 N–H and O–H groups in total. The molecule has 1 amide bonds. The second-order valence-electron chi connectivity index (χ2n) is 5.17. The standard InChI is InChI=1S/C18H23N3O3/c1-23-12-11-19-15-7-8-16(21-13-15)18(22)20-10-9-14-5-3-4-6-17(14)24-2/h3-8,13,19H,9-12H2,1-2H3,(H,20,22). The minimum Gasteiger partial charge on any atom is -0.496 e. The maximum atomic E-state index is 12.1. The molecule has 1 aromatic carbocycles. The van der Waals surface area contributed by atoms with E-state index in [2.05, 4.69) is 15.6 Å². The molecule has 0 aliphatic rings. The Morgan fingerprint density at radius 2 is 1.96 bits per heavy atom. The fourth-order valence-electron chi connectivity index (χ4n) is 2.24. The smallest absolute Gasteiger partial charge is 0.269 e. The van der Waals surface area contributed by atoms with Crippen molar-refractivity contribution in [2.45, 2.75) is 6.42 Å². The molecule has 1 heterocycles. The van der Waals surface area contributed by atoms with Gasteiger partial charge in [-0.2, -0.15) is 0 Å². The van der Waals surface area contributed by atoms with E-state index in [0.717, 1.165) is 17.0 Å². The van der Waals surface area contributed by atoms with Crippen LogP contribution in [0.4, 0.5) is 5.69 Å². The normalized spacial score (nSPS) is 10.2. The largest absolute Gasteiger partial charge is 0.496 e. The van der Waals surface area contributed by atoms with Crippen molar-refractivity contribution in [1.29, 1.82) is 0 Å². The van der Waals surface area contributed by atoms with Gasteiger partial charge in [-0.15, -0.1) is 0 Å². The molecule has 0 spiro atoms. The highest BCUT2D eigenvalue weighted by Crippen LogP contribution is 2.17. The lowest BCUT2D eigenvalue weighted by Gasteiger charge is -2.09. The Hall–Kier alpha value is -2.60. The van der Waals surface area contributed by atoms with E-state index in [-0.39, 0.29) is 5.91 Å². The molecule has 128 valence electrons. The molecule has 0 aliphatic carbocycles. The Morgan fingerprint density at radius 1 is 1.12 bits per heavy atom. The zero-order valence-electron chi connectivity index (χ0n) is 14.0. The summed E-state index contributed by atoms with van der Waals surface area (Å²) in [5, 5.41) is 6.03. The number of carbonyl (C=O) groups excluding carboxylic acids is 1. The predicted molar refractivity (Wildman–Crippen MR) is 93.6 cm³/mol. The van der Waals surface area contributed by atoms with E-state index in [1.165, 1.54) is 0 Å². The van der Waals surface area contributed by atoms with Crippen molar-refractivity contribution in [2.75, 3.05) is 39.2 Å². The van der Waals surface area contributed by atoms with Gasteiger partial charge in [-0.1, -0.05) is 18.2 Å². The number of para-hydroxylation sites is 1. The lowest BCUT2D eigenvalue weighted by atomic mass is 10.1. The lowest BCUT2D eigenvalue weighted by molar-refractivity contribution is 0.0949. The van der Waals surface area contributed by atoms with Gasteiger partial charge in [0.1, 0.15) is 11.4 Å². The third-order valence-electron chi connectivity index (χ3n) is 3.50. The summed E-state index contributed by atoms with van der Waals surface area (Å²) in [5.74, 6) is 0.643. The first-order valence-electron chi connectivity index (χ1n) is 7.83. The summed E-state index contributed by atoms with van der Waals surface area (Å²) < 4.78 is 10.3. The molecule has 0 atom stereocenters. The number of amides is 1. The van der Waals surface area contributed by atoms with Crippen molar-refractivity contribution in [1.82, 2.24) is 10.3 Å². The first kappa shape index (κ1) is 17.7. The summed E-state index contributed by atoms with van der Waals surface area (Å²) in [6.07, 6.45) is 2.34. The monoisotopic (exact) mass is 329 g/mol. The third-order valence-corrected chi connectivity index (χ3v) is 3.50. The first-order chi connectivity index (χ1) is 11.7. The Kier molecular flexibility index (Phi) is 7.04. The van der Waals surface area contributed by atoms with Crippen LogP contribution in [0, 0.1) is 0 Å². The predicted octanol–water partition coefficient (Wildman–Crippen LogP) is 2.12. The summed E-state index contributed by atoms with van der Waals surface area (Å²) in [4.78, 5) is 16.3. The van der Waals surface area contributed by atoms with Crippen molar-refractivity contribution in [3.05, 3.63) is 53.9 Å². The number of nitrogens with zero attached hydrogens (tertiary/aromatic N) is 1. The van der Waals surface area contributed by atoms with Gasteiger partial charge >= 0.3 is 0 Å².